The normalized spacial score (nSPS) is 15.7. The number of carbonyl (C=O) groups is 3. The summed E-state index contributed by atoms with van der Waals surface area (Å²) in [6, 6.07) is 16.5. The van der Waals surface area contributed by atoms with E-state index in [0.29, 0.717) is 35.2 Å². The number of rotatable bonds is 7. The second-order valence-corrected chi connectivity index (χ2v) is 8.44. The van der Waals surface area contributed by atoms with Crippen LogP contribution in [0.15, 0.2) is 66.2 Å². The minimum absolute atomic E-state index is 0.0382. The van der Waals surface area contributed by atoms with E-state index in [1.54, 1.807) is 18.2 Å². The fraction of sp³-hybridized carbons (Fsp3) is 0.148. The number of amides is 4. The first-order chi connectivity index (χ1) is 17.9. The van der Waals surface area contributed by atoms with Crippen LogP contribution in [0.25, 0.3) is 6.08 Å². The van der Waals surface area contributed by atoms with Crippen LogP contribution in [0.3, 0.4) is 0 Å². The summed E-state index contributed by atoms with van der Waals surface area (Å²) in [5.74, 6) is -0.0549. The number of anilines is 1. The largest absolute Gasteiger partial charge is 0.490 e. The van der Waals surface area contributed by atoms with Gasteiger partial charge in [0.15, 0.2) is 23.0 Å². The zero-order chi connectivity index (χ0) is 25.9. The van der Waals surface area contributed by atoms with Gasteiger partial charge in [0, 0.05) is 6.07 Å². The highest BCUT2D eigenvalue weighted by Gasteiger charge is 2.37. The highest BCUT2D eigenvalue weighted by molar-refractivity contribution is 6.39. The quantitative estimate of drug-likeness (QED) is 0.355. The number of carbonyl (C=O) groups excluding carboxylic acids is 3. The van der Waals surface area contributed by atoms with Crippen LogP contribution in [0.1, 0.15) is 18.1 Å². The average Bonchev–Trinajstić information content (AvgIpc) is 3.35. The van der Waals surface area contributed by atoms with Gasteiger partial charge in [0.25, 0.3) is 11.8 Å². The molecule has 3 aromatic carbocycles. The SMILES string of the molecule is CCOc1cc(/C=C2\C(=O)NC(=O)N(c3ccc4c(c3)OCO4)C2=O)cc(Cl)c1OCc1ccccc1. The van der Waals surface area contributed by atoms with Crippen LogP contribution in [0.4, 0.5) is 10.5 Å². The fourth-order valence-corrected chi connectivity index (χ4v) is 4.16. The number of halogens is 1. The predicted molar refractivity (Wildman–Crippen MR) is 135 cm³/mol. The van der Waals surface area contributed by atoms with E-state index in [1.165, 1.54) is 18.2 Å². The summed E-state index contributed by atoms with van der Waals surface area (Å²) >= 11 is 6.52. The fourth-order valence-electron chi connectivity index (χ4n) is 3.89. The molecule has 2 aliphatic heterocycles. The molecule has 2 aliphatic rings. The molecule has 2 heterocycles. The Kier molecular flexibility index (Phi) is 6.70. The number of hydrogen-bond donors (Lipinski definition) is 1. The van der Waals surface area contributed by atoms with Crippen molar-refractivity contribution in [3.05, 3.63) is 82.4 Å². The summed E-state index contributed by atoms with van der Waals surface area (Å²) in [7, 11) is 0. The number of urea groups is 1. The van der Waals surface area contributed by atoms with Crippen molar-refractivity contribution < 1.29 is 33.3 Å². The summed E-state index contributed by atoms with van der Waals surface area (Å²) in [4.78, 5) is 39.3. The molecule has 4 amide bonds. The van der Waals surface area contributed by atoms with E-state index in [4.69, 9.17) is 30.5 Å². The number of hydrogen-bond acceptors (Lipinski definition) is 7. The topological polar surface area (TPSA) is 103 Å². The molecule has 1 saturated heterocycles. The van der Waals surface area contributed by atoms with Crippen LogP contribution < -0.4 is 29.2 Å². The molecule has 188 valence electrons. The van der Waals surface area contributed by atoms with E-state index in [-0.39, 0.29) is 29.7 Å². The Morgan fingerprint density at radius 2 is 1.78 bits per heavy atom. The summed E-state index contributed by atoms with van der Waals surface area (Å²) in [5.41, 5.74) is 1.33. The lowest BCUT2D eigenvalue weighted by molar-refractivity contribution is -0.122. The molecule has 0 atom stereocenters. The van der Waals surface area contributed by atoms with Crippen molar-refractivity contribution in [2.24, 2.45) is 0 Å². The first kappa shape index (κ1) is 24.2. The zero-order valence-electron chi connectivity index (χ0n) is 19.7. The first-order valence-corrected chi connectivity index (χ1v) is 11.8. The van der Waals surface area contributed by atoms with Crippen molar-refractivity contribution in [3.63, 3.8) is 0 Å². The van der Waals surface area contributed by atoms with Gasteiger partial charge in [-0.15, -0.1) is 0 Å². The lowest BCUT2D eigenvalue weighted by Crippen LogP contribution is -2.54. The number of imide groups is 2. The molecule has 0 aromatic heterocycles. The van der Waals surface area contributed by atoms with E-state index < -0.39 is 17.8 Å². The molecule has 0 aliphatic carbocycles. The molecule has 37 heavy (non-hydrogen) atoms. The van der Waals surface area contributed by atoms with Gasteiger partial charge in [-0.05, 0) is 48.4 Å². The molecular formula is C27H21ClN2O7. The Morgan fingerprint density at radius 3 is 2.57 bits per heavy atom. The van der Waals surface area contributed by atoms with E-state index in [2.05, 4.69) is 5.32 Å². The summed E-state index contributed by atoms with van der Waals surface area (Å²) in [6.45, 7) is 2.46. The van der Waals surface area contributed by atoms with Crippen LogP contribution in [0.2, 0.25) is 5.02 Å². The monoisotopic (exact) mass is 520 g/mol. The molecule has 3 aromatic rings. The maximum atomic E-state index is 13.3. The molecule has 0 bridgehead atoms. The van der Waals surface area contributed by atoms with Crippen molar-refractivity contribution in [2.75, 3.05) is 18.3 Å². The average molecular weight is 521 g/mol. The van der Waals surface area contributed by atoms with Gasteiger partial charge in [0.1, 0.15) is 12.2 Å². The van der Waals surface area contributed by atoms with Crippen LogP contribution >= 0.6 is 11.6 Å². The first-order valence-electron chi connectivity index (χ1n) is 11.4. The minimum Gasteiger partial charge on any atom is -0.490 e. The third-order valence-corrected chi connectivity index (χ3v) is 5.87. The molecule has 1 fully saturated rings. The Labute approximate surface area is 217 Å². The molecular weight excluding hydrogens is 500 g/mol. The van der Waals surface area contributed by atoms with Gasteiger partial charge in [0.05, 0.1) is 17.3 Å². The maximum Gasteiger partial charge on any atom is 0.335 e. The Morgan fingerprint density at radius 1 is 1.00 bits per heavy atom. The van der Waals surface area contributed by atoms with E-state index >= 15 is 0 Å². The number of nitrogens with zero attached hydrogens (tertiary/aromatic N) is 1. The van der Waals surface area contributed by atoms with Gasteiger partial charge < -0.3 is 18.9 Å². The van der Waals surface area contributed by atoms with Crippen molar-refractivity contribution in [1.82, 2.24) is 5.32 Å². The number of fused-ring (bicyclic) bond motifs is 1. The molecule has 1 N–H and O–H groups in total. The van der Waals surface area contributed by atoms with Gasteiger partial charge in [-0.2, -0.15) is 0 Å². The highest BCUT2D eigenvalue weighted by atomic mass is 35.5. The smallest absolute Gasteiger partial charge is 0.335 e. The minimum atomic E-state index is -0.872. The van der Waals surface area contributed by atoms with E-state index in [1.807, 2.05) is 37.3 Å². The van der Waals surface area contributed by atoms with E-state index in [9.17, 15) is 14.4 Å². The van der Waals surface area contributed by atoms with Crippen molar-refractivity contribution >= 4 is 41.2 Å². The lowest BCUT2D eigenvalue weighted by atomic mass is 10.1. The molecule has 0 spiro atoms. The van der Waals surface area contributed by atoms with Gasteiger partial charge in [0.2, 0.25) is 6.79 Å². The van der Waals surface area contributed by atoms with Crippen LogP contribution in [-0.4, -0.2) is 31.2 Å². The Balaban J connectivity index is 1.45. The second kappa shape index (κ2) is 10.2. The predicted octanol–water partition coefficient (Wildman–Crippen LogP) is 4.71. The van der Waals surface area contributed by atoms with Gasteiger partial charge in [-0.25, -0.2) is 9.69 Å². The molecule has 9 nitrogen and oxygen atoms in total. The summed E-state index contributed by atoms with van der Waals surface area (Å²) in [5, 5.41) is 2.44. The molecule has 10 heteroatoms. The molecule has 0 unspecified atom stereocenters. The van der Waals surface area contributed by atoms with Crippen LogP contribution in [0.5, 0.6) is 23.0 Å². The zero-order valence-corrected chi connectivity index (χ0v) is 20.4. The van der Waals surface area contributed by atoms with Crippen LogP contribution in [-0.2, 0) is 16.2 Å². The van der Waals surface area contributed by atoms with Crippen molar-refractivity contribution in [3.8, 4) is 23.0 Å². The van der Waals surface area contributed by atoms with Crippen molar-refractivity contribution in [1.29, 1.82) is 0 Å². The number of ether oxygens (including phenoxy) is 4. The van der Waals surface area contributed by atoms with Gasteiger partial charge in [-0.1, -0.05) is 41.9 Å². The second-order valence-electron chi connectivity index (χ2n) is 8.03. The molecule has 0 radical (unpaired) electrons. The Bertz CT molecular complexity index is 1420. The number of barbiturate groups is 1. The molecule has 5 rings (SSSR count). The maximum absolute atomic E-state index is 13.3. The third kappa shape index (κ3) is 4.94. The molecule has 0 saturated carbocycles. The summed E-state index contributed by atoms with van der Waals surface area (Å²) < 4.78 is 22.3. The van der Waals surface area contributed by atoms with Crippen LogP contribution in [0, 0.1) is 0 Å². The Hall–Kier alpha value is -4.50. The van der Waals surface area contributed by atoms with Gasteiger partial charge in [-0.3, -0.25) is 14.9 Å². The summed E-state index contributed by atoms with van der Waals surface area (Å²) in [6.07, 6.45) is 1.35. The van der Waals surface area contributed by atoms with Crippen molar-refractivity contribution in [2.45, 2.75) is 13.5 Å². The van der Waals surface area contributed by atoms with E-state index in [0.717, 1.165) is 10.5 Å². The standard InChI is InChI=1S/C27H21ClN2O7/c1-2-34-23-12-17(11-20(28)24(23)35-14-16-6-4-3-5-7-16)10-19-25(31)29-27(33)30(26(19)32)18-8-9-21-22(13-18)37-15-36-21/h3-13H,2,14-15H2,1H3,(H,29,31,33)/b19-10+. The third-order valence-electron chi connectivity index (χ3n) is 5.58. The van der Waals surface area contributed by atoms with Gasteiger partial charge >= 0.3 is 6.03 Å². The number of nitrogens with one attached hydrogen (secondary N) is 1. The highest BCUT2D eigenvalue weighted by Crippen LogP contribution is 2.39. The number of benzene rings is 3. The lowest BCUT2D eigenvalue weighted by Gasteiger charge is -2.26.